The summed E-state index contributed by atoms with van der Waals surface area (Å²) in [7, 11) is 0. The third-order valence-electron chi connectivity index (χ3n) is 1.74. The van der Waals surface area contributed by atoms with Crippen LogP contribution >= 0.6 is 0 Å². The van der Waals surface area contributed by atoms with E-state index in [1.54, 1.807) is 13.1 Å². The zero-order chi connectivity index (χ0) is 9.68. The standard InChI is InChI=1S/C10H13NO2/c1-3-8-6-5-7-11-9(8)10(12)13-4-2/h5-7H,3-4H2,1-2H3. The van der Waals surface area contributed by atoms with E-state index >= 15 is 0 Å². The maximum atomic E-state index is 11.3. The minimum absolute atomic E-state index is 0.333. The molecule has 0 aromatic carbocycles. The van der Waals surface area contributed by atoms with E-state index in [0.717, 1.165) is 12.0 Å². The molecule has 1 aromatic rings. The van der Waals surface area contributed by atoms with Gasteiger partial charge < -0.3 is 4.74 Å². The summed E-state index contributed by atoms with van der Waals surface area (Å²) in [4.78, 5) is 15.3. The molecule has 0 atom stereocenters. The second-order valence-electron chi connectivity index (χ2n) is 2.59. The van der Waals surface area contributed by atoms with E-state index < -0.39 is 0 Å². The Morgan fingerprint density at radius 2 is 2.31 bits per heavy atom. The monoisotopic (exact) mass is 179 g/mol. The summed E-state index contributed by atoms with van der Waals surface area (Å²) in [6.45, 7) is 4.16. The van der Waals surface area contributed by atoms with Gasteiger partial charge in [0.15, 0.2) is 5.69 Å². The molecule has 3 nitrogen and oxygen atoms in total. The molecular formula is C10H13NO2. The molecule has 0 spiro atoms. The molecule has 0 amide bonds. The first-order valence-electron chi connectivity index (χ1n) is 4.40. The van der Waals surface area contributed by atoms with Gasteiger partial charge in [-0.3, -0.25) is 0 Å². The van der Waals surface area contributed by atoms with E-state index in [4.69, 9.17) is 4.74 Å². The van der Waals surface area contributed by atoms with Crippen molar-refractivity contribution in [3.63, 3.8) is 0 Å². The second kappa shape index (κ2) is 4.60. The van der Waals surface area contributed by atoms with Gasteiger partial charge in [-0.05, 0) is 25.0 Å². The Bertz CT molecular complexity index is 297. The van der Waals surface area contributed by atoms with Gasteiger partial charge in [-0.15, -0.1) is 0 Å². The molecule has 3 heteroatoms. The van der Waals surface area contributed by atoms with Gasteiger partial charge in [0, 0.05) is 6.20 Å². The van der Waals surface area contributed by atoms with Gasteiger partial charge in [0.25, 0.3) is 0 Å². The Morgan fingerprint density at radius 3 is 2.92 bits per heavy atom. The van der Waals surface area contributed by atoms with Crippen LogP contribution in [0.5, 0.6) is 0 Å². The lowest BCUT2D eigenvalue weighted by Crippen LogP contribution is -2.09. The topological polar surface area (TPSA) is 39.2 Å². The van der Waals surface area contributed by atoms with Crippen molar-refractivity contribution in [1.29, 1.82) is 0 Å². The summed E-state index contributed by atoms with van der Waals surface area (Å²) >= 11 is 0. The number of nitrogens with zero attached hydrogens (tertiary/aromatic N) is 1. The van der Waals surface area contributed by atoms with Crippen molar-refractivity contribution in [2.75, 3.05) is 6.61 Å². The molecule has 0 saturated heterocycles. The lowest BCUT2D eigenvalue weighted by molar-refractivity contribution is 0.0518. The number of carbonyl (C=O) groups excluding carboxylic acids is 1. The minimum atomic E-state index is -0.333. The molecule has 13 heavy (non-hydrogen) atoms. The number of esters is 1. The van der Waals surface area contributed by atoms with Gasteiger partial charge in [-0.1, -0.05) is 13.0 Å². The van der Waals surface area contributed by atoms with Crippen molar-refractivity contribution in [1.82, 2.24) is 4.98 Å². The van der Waals surface area contributed by atoms with Crippen molar-refractivity contribution in [2.45, 2.75) is 20.3 Å². The number of ether oxygens (including phenoxy) is 1. The third kappa shape index (κ3) is 2.28. The van der Waals surface area contributed by atoms with Crippen LogP contribution in [0.1, 0.15) is 29.9 Å². The van der Waals surface area contributed by atoms with Crippen LogP contribution in [0.25, 0.3) is 0 Å². The first-order valence-corrected chi connectivity index (χ1v) is 4.40. The van der Waals surface area contributed by atoms with Crippen LogP contribution in [0.3, 0.4) is 0 Å². The van der Waals surface area contributed by atoms with Crippen LogP contribution in [0, 0.1) is 0 Å². The zero-order valence-electron chi connectivity index (χ0n) is 7.91. The van der Waals surface area contributed by atoms with Crippen molar-refractivity contribution in [2.24, 2.45) is 0 Å². The first kappa shape index (κ1) is 9.71. The maximum Gasteiger partial charge on any atom is 0.357 e. The van der Waals surface area contributed by atoms with E-state index in [-0.39, 0.29) is 5.97 Å². The Labute approximate surface area is 77.8 Å². The average molecular weight is 179 g/mol. The summed E-state index contributed by atoms with van der Waals surface area (Å²) in [6, 6.07) is 3.71. The van der Waals surface area contributed by atoms with Crippen molar-refractivity contribution < 1.29 is 9.53 Å². The molecule has 0 N–H and O–H groups in total. The van der Waals surface area contributed by atoms with Crippen molar-refractivity contribution >= 4 is 5.97 Å². The van der Waals surface area contributed by atoms with E-state index in [9.17, 15) is 4.79 Å². The fourth-order valence-electron chi connectivity index (χ4n) is 1.11. The van der Waals surface area contributed by atoms with Gasteiger partial charge in [0.1, 0.15) is 0 Å². The predicted molar refractivity (Wildman–Crippen MR) is 49.6 cm³/mol. The molecule has 0 saturated carbocycles. The Morgan fingerprint density at radius 1 is 1.54 bits per heavy atom. The molecule has 0 aliphatic heterocycles. The van der Waals surface area contributed by atoms with Gasteiger partial charge in [0.2, 0.25) is 0 Å². The molecule has 0 fully saturated rings. The average Bonchev–Trinajstić information content (AvgIpc) is 2.18. The molecule has 1 heterocycles. The SMILES string of the molecule is CCOC(=O)c1ncccc1CC. The smallest absolute Gasteiger partial charge is 0.357 e. The van der Waals surface area contributed by atoms with E-state index in [0.29, 0.717) is 12.3 Å². The van der Waals surface area contributed by atoms with E-state index in [2.05, 4.69) is 4.98 Å². The molecule has 1 aromatic heterocycles. The lowest BCUT2D eigenvalue weighted by Gasteiger charge is -2.04. The molecule has 0 aliphatic carbocycles. The molecule has 0 radical (unpaired) electrons. The Kier molecular flexibility index (Phi) is 3.43. The highest BCUT2D eigenvalue weighted by atomic mass is 16.5. The van der Waals surface area contributed by atoms with Crippen LogP contribution in [-0.2, 0) is 11.2 Å². The van der Waals surface area contributed by atoms with Crippen LogP contribution in [0.4, 0.5) is 0 Å². The fraction of sp³-hybridized carbons (Fsp3) is 0.400. The number of hydrogen-bond donors (Lipinski definition) is 0. The van der Waals surface area contributed by atoms with E-state index in [1.807, 2.05) is 19.1 Å². The van der Waals surface area contributed by atoms with Gasteiger partial charge in [-0.2, -0.15) is 0 Å². The van der Waals surface area contributed by atoms with Gasteiger partial charge >= 0.3 is 5.97 Å². The maximum absolute atomic E-state index is 11.3. The van der Waals surface area contributed by atoms with Crippen molar-refractivity contribution in [3.05, 3.63) is 29.6 Å². The normalized spacial score (nSPS) is 9.69. The fourth-order valence-corrected chi connectivity index (χ4v) is 1.11. The summed E-state index contributed by atoms with van der Waals surface area (Å²) in [5.41, 5.74) is 1.37. The van der Waals surface area contributed by atoms with Crippen molar-refractivity contribution in [3.8, 4) is 0 Å². The highest BCUT2D eigenvalue weighted by Gasteiger charge is 2.11. The summed E-state index contributed by atoms with van der Waals surface area (Å²) < 4.78 is 4.87. The third-order valence-corrected chi connectivity index (χ3v) is 1.74. The zero-order valence-corrected chi connectivity index (χ0v) is 7.91. The number of pyridine rings is 1. The number of carbonyl (C=O) groups is 1. The quantitative estimate of drug-likeness (QED) is 0.664. The highest BCUT2D eigenvalue weighted by Crippen LogP contribution is 2.07. The van der Waals surface area contributed by atoms with Crippen LogP contribution in [0.15, 0.2) is 18.3 Å². The molecule has 0 unspecified atom stereocenters. The summed E-state index contributed by atoms with van der Waals surface area (Å²) in [5, 5.41) is 0. The number of rotatable bonds is 3. The molecular weight excluding hydrogens is 166 g/mol. The Balaban J connectivity index is 2.92. The number of aromatic nitrogens is 1. The molecule has 0 bridgehead atoms. The minimum Gasteiger partial charge on any atom is -0.461 e. The Hall–Kier alpha value is -1.38. The predicted octanol–water partition coefficient (Wildman–Crippen LogP) is 1.82. The largest absolute Gasteiger partial charge is 0.461 e. The van der Waals surface area contributed by atoms with Crippen LogP contribution in [0.2, 0.25) is 0 Å². The number of hydrogen-bond acceptors (Lipinski definition) is 3. The summed E-state index contributed by atoms with van der Waals surface area (Å²) in [6.07, 6.45) is 2.40. The van der Waals surface area contributed by atoms with Gasteiger partial charge in [-0.25, -0.2) is 9.78 Å². The van der Waals surface area contributed by atoms with Crippen LogP contribution < -0.4 is 0 Å². The first-order chi connectivity index (χ1) is 6.29. The second-order valence-corrected chi connectivity index (χ2v) is 2.59. The molecule has 70 valence electrons. The van der Waals surface area contributed by atoms with Gasteiger partial charge in [0.05, 0.1) is 6.61 Å². The molecule has 0 aliphatic rings. The van der Waals surface area contributed by atoms with Crippen LogP contribution in [-0.4, -0.2) is 17.6 Å². The summed E-state index contributed by atoms with van der Waals surface area (Å²) in [5.74, 6) is -0.333. The molecule has 1 rings (SSSR count). The highest BCUT2D eigenvalue weighted by molar-refractivity contribution is 5.88. The number of aryl methyl sites for hydroxylation is 1. The lowest BCUT2D eigenvalue weighted by atomic mass is 10.1. The van der Waals surface area contributed by atoms with E-state index in [1.165, 1.54) is 0 Å².